The van der Waals surface area contributed by atoms with Crippen molar-refractivity contribution in [2.24, 2.45) is 0 Å². The Morgan fingerprint density at radius 2 is 2.16 bits per heavy atom. The highest BCUT2D eigenvalue weighted by Gasteiger charge is 2.11. The number of carbonyl (C=O) groups excluding carboxylic acids is 2. The van der Waals surface area contributed by atoms with Crippen molar-refractivity contribution < 1.29 is 9.59 Å². The predicted octanol–water partition coefficient (Wildman–Crippen LogP) is 3.55. The van der Waals surface area contributed by atoms with Crippen molar-refractivity contribution in [3.05, 3.63) is 33.5 Å². The number of halogens is 1. The van der Waals surface area contributed by atoms with Crippen LogP contribution in [0.5, 0.6) is 0 Å². The number of alkyl halides is 1. The molecular formula is C12H11ClN2O2S2. The van der Waals surface area contributed by atoms with E-state index in [1.165, 1.54) is 22.7 Å². The number of ketones is 1. The summed E-state index contributed by atoms with van der Waals surface area (Å²) in [5, 5.41) is 6.81. The molecule has 2 rings (SSSR count). The molecule has 0 atom stereocenters. The summed E-state index contributed by atoms with van der Waals surface area (Å²) in [5.41, 5.74) is 0.733. The van der Waals surface area contributed by atoms with Gasteiger partial charge < -0.3 is 5.32 Å². The number of hydrogen-bond acceptors (Lipinski definition) is 5. The molecule has 100 valence electrons. The van der Waals surface area contributed by atoms with Crippen LogP contribution < -0.4 is 5.32 Å². The van der Waals surface area contributed by atoms with Crippen LogP contribution >= 0.6 is 34.3 Å². The molecule has 2 heterocycles. The Morgan fingerprint density at radius 3 is 2.79 bits per heavy atom. The topological polar surface area (TPSA) is 59.1 Å². The van der Waals surface area contributed by atoms with Gasteiger partial charge in [0.25, 0.3) is 0 Å². The monoisotopic (exact) mass is 314 g/mol. The fourth-order valence-corrected chi connectivity index (χ4v) is 3.04. The van der Waals surface area contributed by atoms with Crippen LogP contribution in [-0.2, 0) is 10.7 Å². The summed E-state index contributed by atoms with van der Waals surface area (Å²) in [6, 6.07) is 3.58. The quantitative estimate of drug-likeness (QED) is 0.655. The van der Waals surface area contributed by atoms with E-state index in [-0.39, 0.29) is 24.5 Å². The number of aromatic nitrogens is 1. The molecule has 2 aromatic rings. The van der Waals surface area contributed by atoms with Gasteiger partial charge in [-0.3, -0.25) is 9.59 Å². The van der Waals surface area contributed by atoms with E-state index < -0.39 is 0 Å². The molecule has 1 amide bonds. The van der Waals surface area contributed by atoms with Crippen molar-refractivity contribution in [3.63, 3.8) is 0 Å². The van der Waals surface area contributed by atoms with Crippen LogP contribution in [0.3, 0.4) is 0 Å². The van der Waals surface area contributed by atoms with Gasteiger partial charge in [-0.2, -0.15) is 0 Å². The number of carbonyl (C=O) groups is 2. The zero-order chi connectivity index (χ0) is 13.7. The standard InChI is InChI=1S/C12H11ClN2O2S2/c13-6-8-7-19-12(14-8)15-11(17)4-3-9(16)10-2-1-5-18-10/h1-2,5,7H,3-4,6H2,(H,14,15,17). The largest absolute Gasteiger partial charge is 0.302 e. The van der Waals surface area contributed by atoms with Crippen molar-refractivity contribution in [2.45, 2.75) is 18.7 Å². The SMILES string of the molecule is O=C(CCC(=O)c1cccs1)Nc1nc(CCl)cs1. The first-order chi connectivity index (χ1) is 9.19. The Morgan fingerprint density at radius 1 is 1.32 bits per heavy atom. The van der Waals surface area contributed by atoms with Crippen molar-refractivity contribution in [1.82, 2.24) is 4.98 Å². The molecule has 0 radical (unpaired) electrons. The average molecular weight is 315 g/mol. The summed E-state index contributed by atoms with van der Waals surface area (Å²) in [4.78, 5) is 28.2. The number of Topliss-reactive ketones (excluding diaryl/α,β-unsaturated/α-hetero) is 1. The lowest BCUT2D eigenvalue weighted by atomic mass is 10.2. The maximum Gasteiger partial charge on any atom is 0.226 e. The summed E-state index contributed by atoms with van der Waals surface area (Å²) in [6.07, 6.45) is 0.368. The molecule has 7 heteroatoms. The maximum absolute atomic E-state index is 11.7. The lowest BCUT2D eigenvalue weighted by Gasteiger charge is -2.00. The van der Waals surface area contributed by atoms with Crippen LogP contribution in [0.2, 0.25) is 0 Å². The van der Waals surface area contributed by atoms with E-state index in [0.29, 0.717) is 15.9 Å². The molecule has 0 aliphatic carbocycles. The minimum atomic E-state index is -0.208. The summed E-state index contributed by atoms with van der Waals surface area (Å²) in [5.74, 6) is 0.106. The predicted molar refractivity (Wildman–Crippen MR) is 78.2 cm³/mol. The molecular weight excluding hydrogens is 304 g/mol. The second kappa shape index (κ2) is 6.79. The summed E-state index contributed by atoms with van der Waals surface area (Å²) in [6.45, 7) is 0. The van der Waals surface area contributed by atoms with Crippen molar-refractivity contribution >= 4 is 51.1 Å². The van der Waals surface area contributed by atoms with Crippen molar-refractivity contribution in [1.29, 1.82) is 0 Å². The van der Waals surface area contributed by atoms with Crippen LogP contribution in [0, 0.1) is 0 Å². The molecule has 0 bridgehead atoms. The lowest BCUT2D eigenvalue weighted by Crippen LogP contribution is -2.13. The van der Waals surface area contributed by atoms with E-state index >= 15 is 0 Å². The minimum absolute atomic E-state index is 0.00858. The number of thiophene rings is 1. The molecule has 0 spiro atoms. The molecule has 0 unspecified atom stereocenters. The smallest absolute Gasteiger partial charge is 0.226 e. The third-order valence-electron chi connectivity index (χ3n) is 2.31. The van der Waals surface area contributed by atoms with Gasteiger partial charge in [0.2, 0.25) is 5.91 Å². The van der Waals surface area contributed by atoms with Gasteiger partial charge in [0.1, 0.15) is 0 Å². The van der Waals surface area contributed by atoms with E-state index in [0.717, 1.165) is 5.69 Å². The molecule has 4 nitrogen and oxygen atoms in total. The van der Waals surface area contributed by atoms with E-state index in [9.17, 15) is 9.59 Å². The van der Waals surface area contributed by atoms with Crippen LogP contribution in [0.4, 0.5) is 5.13 Å². The lowest BCUT2D eigenvalue weighted by molar-refractivity contribution is -0.116. The van der Waals surface area contributed by atoms with Gasteiger partial charge in [-0.15, -0.1) is 34.3 Å². The number of thiazole rings is 1. The molecule has 0 saturated carbocycles. The maximum atomic E-state index is 11.7. The third kappa shape index (κ3) is 4.12. The van der Waals surface area contributed by atoms with Gasteiger partial charge in [-0.25, -0.2) is 4.98 Å². The highest BCUT2D eigenvalue weighted by Crippen LogP contribution is 2.17. The zero-order valence-electron chi connectivity index (χ0n) is 9.89. The summed E-state index contributed by atoms with van der Waals surface area (Å²) < 4.78 is 0. The molecule has 2 aromatic heterocycles. The van der Waals surface area contributed by atoms with Crippen LogP contribution in [0.15, 0.2) is 22.9 Å². The van der Waals surface area contributed by atoms with E-state index in [1.807, 2.05) is 11.4 Å². The highest BCUT2D eigenvalue weighted by molar-refractivity contribution is 7.14. The number of nitrogens with zero attached hydrogens (tertiary/aromatic N) is 1. The fourth-order valence-electron chi connectivity index (χ4n) is 1.40. The van der Waals surface area contributed by atoms with Crippen LogP contribution in [0.1, 0.15) is 28.2 Å². The first-order valence-corrected chi connectivity index (χ1v) is 7.85. The number of rotatable bonds is 6. The van der Waals surface area contributed by atoms with E-state index in [2.05, 4.69) is 10.3 Å². The zero-order valence-corrected chi connectivity index (χ0v) is 12.3. The van der Waals surface area contributed by atoms with Gasteiger partial charge >= 0.3 is 0 Å². The molecule has 19 heavy (non-hydrogen) atoms. The number of amides is 1. The first kappa shape index (κ1) is 14.2. The Balaban J connectivity index is 1.80. The van der Waals surface area contributed by atoms with Gasteiger partial charge in [-0.1, -0.05) is 6.07 Å². The first-order valence-electron chi connectivity index (χ1n) is 5.56. The normalized spacial score (nSPS) is 10.4. The second-order valence-corrected chi connectivity index (χ2v) is 5.80. The number of hydrogen-bond donors (Lipinski definition) is 1. The molecule has 0 aliphatic rings. The van der Waals surface area contributed by atoms with E-state index in [1.54, 1.807) is 11.4 Å². The molecule has 0 fully saturated rings. The molecule has 0 saturated heterocycles. The average Bonchev–Trinajstić information content (AvgIpc) is 3.06. The van der Waals surface area contributed by atoms with Crippen LogP contribution in [-0.4, -0.2) is 16.7 Å². The van der Waals surface area contributed by atoms with Gasteiger partial charge in [0.15, 0.2) is 10.9 Å². The summed E-state index contributed by atoms with van der Waals surface area (Å²) >= 11 is 8.34. The minimum Gasteiger partial charge on any atom is -0.302 e. The summed E-state index contributed by atoms with van der Waals surface area (Å²) in [7, 11) is 0. The Hall–Kier alpha value is -1.24. The fraction of sp³-hybridized carbons (Fsp3) is 0.250. The van der Waals surface area contributed by atoms with Crippen molar-refractivity contribution in [3.8, 4) is 0 Å². The van der Waals surface area contributed by atoms with E-state index in [4.69, 9.17) is 11.6 Å². The molecule has 0 aliphatic heterocycles. The third-order valence-corrected chi connectivity index (χ3v) is 4.30. The van der Waals surface area contributed by atoms with Crippen molar-refractivity contribution in [2.75, 3.05) is 5.32 Å². The van der Waals surface area contributed by atoms with Gasteiger partial charge in [0.05, 0.1) is 16.5 Å². The number of anilines is 1. The Kier molecular flexibility index (Phi) is 5.07. The van der Waals surface area contributed by atoms with Crippen LogP contribution in [0.25, 0.3) is 0 Å². The Bertz CT molecular complexity index is 566. The van der Waals surface area contributed by atoms with Gasteiger partial charge in [-0.05, 0) is 11.4 Å². The highest BCUT2D eigenvalue weighted by atomic mass is 35.5. The molecule has 1 N–H and O–H groups in total. The number of nitrogens with one attached hydrogen (secondary N) is 1. The van der Waals surface area contributed by atoms with Gasteiger partial charge in [0, 0.05) is 18.2 Å². The second-order valence-electron chi connectivity index (χ2n) is 3.73. The Labute approximate surface area is 123 Å². The molecule has 0 aromatic carbocycles.